The van der Waals surface area contributed by atoms with E-state index < -0.39 is 0 Å². The van der Waals surface area contributed by atoms with Crippen LogP contribution in [-0.4, -0.2) is 17.8 Å². The Balaban J connectivity index is 1.11. The van der Waals surface area contributed by atoms with E-state index in [1.165, 1.54) is 151 Å². The Kier molecular flexibility index (Phi) is 9.67. The van der Waals surface area contributed by atoms with Crippen molar-refractivity contribution in [3.05, 3.63) is 180 Å². The Morgan fingerprint density at radius 3 is 1.76 bits per heavy atom. The summed E-state index contributed by atoms with van der Waals surface area (Å²) in [4.78, 5) is 8.55. The topological polar surface area (TPSA) is 9.72 Å². The largest absolute Gasteiger partial charge is 0.335 e. The molecule has 0 N–H and O–H groups in total. The number of benzene rings is 8. The third-order valence-corrected chi connectivity index (χ3v) is 20.4. The van der Waals surface area contributed by atoms with Gasteiger partial charge in [-0.25, -0.2) is 0 Å². The molecule has 4 aliphatic heterocycles. The first-order valence-electron chi connectivity index (χ1n) is 28.1. The molecule has 8 aromatic carbocycles. The molecule has 4 heteroatoms. The van der Waals surface area contributed by atoms with Crippen molar-refractivity contribution >= 4 is 73.7 Å². The fourth-order valence-electron chi connectivity index (χ4n) is 15.9. The second-order valence-electron chi connectivity index (χ2n) is 26.4. The number of fused-ring (bicyclic) bond motifs is 11. The molecule has 0 radical (unpaired) electrons. The number of rotatable bonds is 4. The lowest BCUT2D eigenvalue weighted by Crippen LogP contribution is -2.64. The number of hydrogen-bond acceptors (Lipinski definition) is 3. The SMILES string of the molecule is CC(C)(C)c1ccc2c(c1)B1c3cccc4c3N(c3cc(N5c6ccc(-c7ccccc7)cc6C6(C)CCCCC56C)cc(c31)N2c1ccc(C(C)(C)C)cc1-c1ccc2ccccc2c1)C1(C)CCCCC41C. The average molecular weight is 966 g/mol. The van der Waals surface area contributed by atoms with Gasteiger partial charge in [0.25, 0.3) is 6.71 Å². The first-order chi connectivity index (χ1) is 35.4. The molecular formula is C70H72BN3. The minimum atomic E-state index is -0.140. The fourth-order valence-corrected chi connectivity index (χ4v) is 15.9. The summed E-state index contributed by atoms with van der Waals surface area (Å²) in [6, 6.07) is 62.3. The molecule has 4 atom stereocenters. The van der Waals surface area contributed by atoms with Crippen LogP contribution in [0.5, 0.6) is 0 Å². The van der Waals surface area contributed by atoms with Crippen molar-refractivity contribution < 1.29 is 0 Å². The van der Waals surface area contributed by atoms with Crippen molar-refractivity contribution in [2.75, 3.05) is 14.7 Å². The van der Waals surface area contributed by atoms with Crippen molar-refractivity contribution in [2.24, 2.45) is 0 Å². The van der Waals surface area contributed by atoms with Crippen LogP contribution in [0.2, 0.25) is 0 Å². The summed E-state index contributed by atoms with van der Waals surface area (Å²) in [6.45, 7) is 24.8. The zero-order valence-corrected chi connectivity index (χ0v) is 45.6. The number of nitrogens with zero attached hydrogens (tertiary/aromatic N) is 3. The van der Waals surface area contributed by atoms with E-state index >= 15 is 0 Å². The summed E-state index contributed by atoms with van der Waals surface area (Å²) >= 11 is 0. The molecule has 2 aliphatic carbocycles. The van der Waals surface area contributed by atoms with Crippen molar-refractivity contribution in [1.82, 2.24) is 0 Å². The lowest BCUT2D eigenvalue weighted by molar-refractivity contribution is 0.194. The molecular weight excluding hydrogens is 894 g/mol. The summed E-state index contributed by atoms with van der Waals surface area (Å²) < 4.78 is 0. The maximum absolute atomic E-state index is 2.94. The van der Waals surface area contributed by atoms with Gasteiger partial charge in [0.2, 0.25) is 0 Å². The quantitative estimate of drug-likeness (QED) is 0.163. The first kappa shape index (κ1) is 46.0. The van der Waals surface area contributed by atoms with Crippen molar-refractivity contribution in [1.29, 1.82) is 0 Å². The lowest BCUT2D eigenvalue weighted by Gasteiger charge is -2.54. The van der Waals surface area contributed by atoms with E-state index in [1.807, 2.05) is 0 Å². The van der Waals surface area contributed by atoms with Gasteiger partial charge in [-0.3, -0.25) is 0 Å². The minimum absolute atomic E-state index is 0.0107. The van der Waals surface area contributed by atoms with Gasteiger partial charge in [-0.05, 0) is 165 Å². The van der Waals surface area contributed by atoms with Crippen molar-refractivity contribution in [3.63, 3.8) is 0 Å². The molecule has 2 fully saturated rings. The summed E-state index contributed by atoms with van der Waals surface area (Å²) in [7, 11) is 0. The van der Waals surface area contributed by atoms with Crippen LogP contribution >= 0.6 is 0 Å². The van der Waals surface area contributed by atoms with Gasteiger partial charge in [0.05, 0.1) is 16.8 Å². The molecule has 0 saturated heterocycles. The van der Waals surface area contributed by atoms with E-state index in [-0.39, 0.29) is 39.5 Å². The van der Waals surface area contributed by atoms with Crippen LogP contribution in [0, 0.1) is 0 Å². The van der Waals surface area contributed by atoms with Crippen LogP contribution in [0.4, 0.5) is 39.8 Å². The summed E-state index contributed by atoms with van der Waals surface area (Å²) in [5, 5.41) is 2.53. The molecule has 74 heavy (non-hydrogen) atoms. The zero-order valence-electron chi connectivity index (χ0n) is 45.6. The van der Waals surface area contributed by atoms with E-state index in [9.17, 15) is 0 Å². The zero-order chi connectivity index (χ0) is 50.9. The van der Waals surface area contributed by atoms with E-state index in [0.29, 0.717) is 0 Å². The molecule has 0 spiro atoms. The molecule has 0 bridgehead atoms. The molecule has 0 aromatic heterocycles. The van der Waals surface area contributed by atoms with Gasteiger partial charge in [-0.2, -0.15) is 0 Å². The molecule has 370 valence electrons. The van der Waals surface area contributed by atoms with Gasteiger partial charge in [-0.1, -0.05) is 190 Å². The number of hydrogen-bond donors (Lipinski definition) is 0. The molecule has 2 saturated carbocycles. The third-order valence-electron chi connectivity index (χ3n) is 20.4. The predicted molar refractivity (Wildman–Crippen MR) is 317 cm³/mol. The fraction of sp³-hybridized carbons (Fsp3) is 0.343. The second kappa shape index (κ2) is 15.5. The van der Waals surface area contributed by atoms with Crippen LogP contribution in [0.1, 0.15) is 143 Å². The Morgan fingerprint density at radius 1 is 0.419 bits per heavy atom. The lowest BCUT2D eigenvalue weighted by atomic mass is 9.33. The van der Waals surface area contributed by atoms with Gasteiger partial charge in [0.15, 0.2) is 0 Å². The molecule has 6 aliphatic rings. The van der Waals surface area contributed by atoms with E-state index in [0.717, 1.165) is 6.42 Å². The smallest absolute Gasteiger partial charge is 0.252 e. The molecule has 0 amide bonds. The van der Waals surface area contributed by atoms with Gasteiger partial charge in [0, 0.05) is 50.5 Å². The summed E-state index contributed by atoms with van der Waals surface area (Å²) in [6.07, 6.45) is 9.68. The van der Waals surface area contributed by atoms with Crippen LogP contribution in [0.3, 0.4) is 0 Å². The Labute approximate surface area is 441 Å². The monoisotopic (exact) mass is 966 g/mol. The maximum Gasteiger partial charge on any atom is 0.252 e. The van der Waals surface area contributed by atoms with Crippen molar-refractivity contribution in [3.8, 4) is 22.3 Å². The number of para-hydroxylation sites is 1. The van der Waals surface area contributed by atoms with E-state index in [4.69, 9.17) is 0 Å². The van der Waals surface area contributed by atoms with Gasteiger partial charge < -0.3 is 14.7 Å². The molecule has 4 heterocycles. The van der Waals surface area contributed by atoms with Crippen LogP contribution < -0.4 is 31.1 Å². The Hall–Kier alpha value is -6.52. The van der Waals surface area contributed by atoms with Gasteiger partial charge in [-0.15, -0.1) is 0 Å². The highest BCUT2D eigenvalue weighted by molar-refractivity contribution is 7.00. The minimum Gasteiger partial charge on any atom is -0.335 e. The highest BCUT2D eigenvalue weighted by atomic mass is 15.3. The molecule has 3 nitrogen and oxygen atoms in total. The van der Waals surface area contributed by atoms with Crippen LogP contribution in [0.15, 0.2) is 158 Å². The summed E-state index contributed by atoms with van der Waals surface area (Å²) in [5.74, 6) is 0. The average Bonchev–Trinajstić information content (AvgIpc) is 3.90. The van der Waals surface area contributed by atoms with Crippen LogP contribution in [0.25, 0.3) is 33.0 Å². The third kappa shape index (κ3) is 6.15. The highest BCUT2D eigenvalue weighted by Gasteiger charge is 2.62. The predicted octanol–water partition coefficient (Wildman–Crippen LogP) is 16.9. The molecule has 4 unspecified atom stereocenters. The number of anilines is 7. The summed E-state index contributed by atoms with van der Waals surface area (Å²) in [5.41, 5.74) is 24.3. The van der Waals surface area contributed by atoms with Gasteiger partial charge in [0.1, 0.15) is 0 Å². The Morgan fingerprint density at radius 2 is 1.03 bits per heavy atom. The Bertz CT molecular complexity index is 3650. The molecule has 14 rings (SSSR count). The maximum atomic E-state index is 2.94. The van der Waals surface area contributed by atoms with Gasteiger partial charge >= 0.3 is 0 Å². The standard InChI is InChI=1S/C70H72BN3/c1-65(2,3)50-30-33-58(53(41-50)49-28-27-46-23-14-15-24-47(46)39-49)72-60-34-31-51(66(4,5)6)42-57(60)71-56-26-20-25-54-64(56)74(70(10)38-19-16-35-67(54,70)7)62-44-52(43-61(72)63(62)71)73-59-32-29-48(45-21-12-11-13-22-45)40-55(59)68(8)36-17-18-37-69(68,73)9/h11-15,20-34,39-44H,16-19,35-38H2,1-10H3. The second-order valence-corrected chi connectivity index (χ2v) is 26.4. The molecule has 8 aromatic rings. The van der Waals surface area contributed by atoms with Crippen molar-refractivity contribution in [2.45, 2.75) is 153 Å². The highest BCUT2D eigenvalue weighted by Crippen LogP contribution is 2.65. The van der Waals surface area contributed by atoms with E-state index in [1.54, 1.807) is 5.56 Å². The van der Waals surface area contributed by atoms with Crippen LogP contribution in [-0.2, 0) is 21.7 Å². The van der Waals surface area contributed by atoms with E-state index in [2.05, 4.69) is 242 Å². The normalized spacial score (nSPS) is 24.3. The first-order valence-corrected chi connectivity index (χ1v) is 28.1.